The minimum Gasteiger partial charge on any atom is -0.310 e. The molecule has 1 heterocycles. The first-order valence-electron chi connectivity index (χ1n) is 3.41. The van der Waals surface area contributed by atoms with Crippen molar-refractivity contribution in [1.29, 1.82) is 0 Å². The fourth-order valence-corrected chi connectivity index (χ4v) is 1.67. The topological polar surface area (TPSA) is 12.0 Å². The second-order valence-electron chi connectivity index (χ2n) is 3.82. The lowest BCUT2D eigenvalue weighted by Crippen LogP contribution is -2.61. The van der Waals surface area contributed by atoms with Gasteiger partial charge in [-0.3, -0.25) is 0 Å². The molecular formula is C7H13N. The van der Waals surface area contributed by atoms with Crippen LogP contribution in [0, 0.1) is 5.41 Å². The van der Waals surface area contributed by atoms with E-state index in [0.29, 0.717) is 11.0 Å². The Labute approximate surface area is 50.5 Å². The van der Waals surface area contributed by atoms with Gasteiger partial charge in [0.2, 0.25) is 0 Å². The monoisotopic (exact) mass is 111 g/mol. The molecule has 0 atom stereocenters. The molecule has 0 aromatic heterocycles. The van der Waals surface area contributed by atoms with E-state index in [1.807, 2.05) is 0 Å². The summed E-state index contributed by atoms with van der Waals surface area (Å²) in [6.45, 7) is 5.94. The van der Waals surface area contributed by atoms with E-state index in [-0.39, 0.29) is 0 Å². The zero-order chi connectivity index (χ0) is 5.83. The van der Waals surface area contributed by atoms with Gasteiger partial charge in [-0.15, -0.1) is 0 Å². The van der Waals surface area contributed by atoms with Crippen LogP contribution >= 0.6 is 0 Å². The van der Waals surface area contributed by atoms with Gasteiger partial charge < -0.3 is 5.32 Å². The molecule has 8 heavy (non-hydrogen) atoms. The van der Waals surface area contributed by atoms with Crippen LogP contribution < -0.4 is 5.32 Å². The van der Waals surface area contributed by atoms with E-state index >= 15 is 0 Å². The summed E-state index contributed by atoms with van der Waals surface area (Å²) in [6, 6.07) is 0. The smallest absolute Gasteiger partial charge is 0.0246 e. The Morgan fingerprint density at radius 1 is 1.25 bits per heavy atom. The van der Waals surface area contributed by atoms with Crippen molar-refractivity contribution in [3.05, 3.63) is 0 Å². The molecule has 0 amide bonds. The molecule has 0 unspecified atom stereocenters. The highest BCUT2D eigenvalue weighted by Crippen LogP contribution is 2.55. The highest BCUT2D eigenvalue weighted by atomic mass is 15.1. The molecule has 0 radical (unpaired) electrons. The van der Waals surface area contributed by atoms with E-state index < -0.39 is 0 Å². The van der Waals surface area contributed by atoms with Crippen molar-refractivity contribution in [2.45, 2.75) is 32.2 Å². The third-order valence-corrected chi connectivity index (χ3v) is 2.91. The predicted molar refractivity (Wildman–Crippen MR) is 33.7 cm³/mol. The zero-order valence-electron chi connectivity index (χ0n) is 5.62. The molecule has 0 aromatic rings. The van der Waals surface area contributed by atoms with Crippen molar-refractivity contribution >= 4 is 0 Å². The van der Waals surface area contributed by atoms with E-state index in [1.54, 1.807) is 0 Å². The Hall–Kier alpha value is -0.0400. The first kappa shape index (κ1) is 4.80. The Kier molecular flexibility index (Phi) is 0.583. The molecule has 1 nitrogen and oxygen atoms in total. The molecule has 1 heteroatoms. The summed E-state index contributed by atoms with van der Waals surface area (Å²) in [5.41, 5.74) is 1.24. The van der Waals surface area contributed by atoms with E-state index in [4.69, 9.17) is 0 Å². The third-order valence-electron chi connectivity index (χ3n) is 2.91. The van der Waals surface area contributed by atoms with Gasteiger partial charge in [-0.25, -0.2) is 0 Å². The van der Waals surface area contributed by atoms with Gasteiger partial charge in [-0.1, -0.05) is 13.8 Å². The molecule has 1 saturated carbocycles. The Bertz CT molecular complexity index is 118. The van der Waals surface area contributed by atoms with Crippen molar-refractivity contribution in [1.82, 2.24) is 5.32 Å². The Morgan fingerprint density at radius 2 is 1.88 bits per heavy atom. The van der Waals surface area contributed by atoms with E-state index in [2.05, 4.69) is 19.2 Å². The van der Waals surface area contributed by atoms with Crippen LogP contribution in [0.4, 0.5) is 0 Å². The summed E-state index contributed by atoms with van der Waals surface area (Å²) in [5, 5.41) is 3.49. The average Bonchev–Trinajstić information content (AvgIpc) is 2.41. The van der Waals surface area contributed by atoms with Crippen LogP contribution in [-0.2, 0) is 0 Å². The van der Waals surface area contributed by atoms with Gasteiger partial charge in [0.25, 0.3) is 0 Å². The van der Waals surface area contributed by atoms with Gasteiger partial charge in [0.05, 0.1) is 0 Å². The molecule has 1 saturated heterocycles. The molecule has 1 aliphatic heterocycles. The van der Waals surface area contributed by atoms with Crippen molar-refractivity contribution in [2.75, 3.05) is 6.54 Å². The van der Waals surface area contributed by atoms with Crippen LogP contribution in [0.5, 0.6) is 0 Å². The molecule has 1 N–H and O–H groups in total. The number of nitrogens with one attached hydrogen (secondary N) is 1. The molecule has 1 aliphatic carbocycles. The van der Waals surface area contributed by atoms with Crippen LogP contribution in [-0.4, -0.2) is 12.1 Å². The Balaban J connectivity index is 2.19. The standard InChI is InChI=1S/C7H13N/c1-6(2)5-8-7(6)3-4-7/h8H,3-5H2,1-2H3. The first-order chi connectivity index (χ1) is 3.66. The van der Waals surface area contributed by atoms with Crippen LogP contribution in [0.25, 0.3) is 0 Å². The van der Waals surface area contributed by atoms with Crippen molar-refractivity contribution < 1.29 is 0 Å². The molecule has 2 aliphatic rings. The van der Waals surface area contributed by atoms with Gasteiger partial charge >= 0.3 is 0 Å². The lowest BCUT2D eigenvalue weighted by atomic mass is 9.75. The molecule has 1 spiro atoms. The fraction of sp³-hybridized carbons (Fsp3) is 1.00. The van der Waals surface area contributed by atoms with E-state index in [1.165, 1.54) is 19.4 Å². The molecular weight excluding hydrogens is 98.1 g/mol. The van der Waals surface area contributed by atoms with Gasteiger partial charge in [-0.05, 0) is 18.3 Å². The van der Waals surface area contributed by atoms with Crippen LogP contribution in [0.3, 0.4) is 0 Å². The lowest BCUT2D eigenvalue weighted by molar-refractivity contribution is 0.105. The van der Waals surface area contributed by atoms with Gasteiger partial charge in [-0.2, -0.15) is 0 Å². The van der Waals surface area contributed by atoms with Crippen molar-refractivity contribution in [3.8, 4) is 0 Å². The quantitative estimate of drug-likeness (QED) is 0.494. The zero-order valence-corrected chi connectivity index (χ0v) is 5.62. The number of rotatable bonds is 0. The first-order valence-corrected chi connectivity index (χ1v) is 3.41. The second-order valence-corrected chi connectivity index (χ2v) is 3.82. The van der Waals surface area contributed by atoms with Crippen LogP contribution in [0.2, 0.25) is 0 Å². The van der Waals surface area contributed by atoms with E-state index in [0.717, 1.165) is 0 Å². The fourth-order valence-electron chi connectivity index (χ4n) is 1.67. The number of hydrogen-bond acceptors (Lipinski definition) is 1. The summed E-state index contributed by atoms with van der Waals surface area (Å²) < 4.78 is 0. The van der Waals surface area contributed by atoms with Gasteiger partial charge in [0.15, 0.2) is 0 Å². The third kappa shape index (κ3) is 0.334. The van der Waals surface area contributed by atoms with Gasteiger partial charge in [0, 0.05) is 12.1 Å². The maximum atomic E-state index is 3.49. The van der Waals surface area contributed by atoms with Crippen LogP contribution in [0.15, 0.2) is 0 Å². The minimum absolute atomic E-state index is 0.618. The summed E-state index contributed by atoms with van der Waals surface area (Å²) in [4.78, 5) is 0. The minimum atomic E-state index is 0.618. The largest absolute Gasteiger partial charge is 0.310 e. The maximum Gasteiger partial charge on any atom is 0.0246 e. The highest BCUT2D eigenvalue weighted by Gasteiger charge is 2.60. The molecule has 2 fully saturated rings. The SMILES string of the molecule is CC1(C)CNC12CC2. The Morgan fingerprint density at radius 3 is 1.88 bits per heavy atom. The molecule has 0 bridgehead atoms. The second kappa shape index (κ2) is 0.971. The molecule has 0 aromatic carbocycles. The van der Waals surface area contributed by atoms with Crippen molar-refractivity contribution in [2.24, 2.45) is 5.41 Å². The molecule has 2 rings (SSSR count). The maximum absolute atomic E-state index is 3.49. The van der Waals surface area contributed by atoms with Gasteiger partial charge in [0.1, 0.15) is 0 Å². The summed E-state index contributed by atoms with van der Waals surface area (Å²) in [6.07, 6.45) is 2.83. The molecule has 46 valence electrons. The summed E-state index contributed by atoms with van der Waals surface area (Å²) in [7, 11) is 0. The highest BCUT2D eigenvalue weighted by molar-refractivity contribution is 5.19. The number of hydrogen-bond donors (Lipinski definition) is 1. The van der Waals surface area contributed by atoms with Crippen LogP contribution in [0.1, 0.15) is 26.7 Å². The summed E-state index contributed by atoms with van der Waals surface area (Å²) in [5.74, 6) is 0. The van der Waals surface area contributed by atoms with Crippen molar-refractivity contribution in [3.63, 3.8) is 0 Å². The lowest BCUT2D eigenvalue weighted by Gasteiger charge is -2.47. The summed E-state index contributed by atoms with van der Waals surface area (Å²) >= 11 is 0. The predicted octanol–water partition coefficient (Wildman–Crippen LogP) is 1.15. The average molecular weight is 111 g/mol. The van der Waals surface area contributed by atoms with E-state index in [9.17, 15) is 0 Å². The normalized spacial score (nSPS) is 36.8.